The van der Waals surface area contributed by atoms with Gasteiger partial charge in [0.15, 0.2) is 9.84 Å². The van der Waals surface area contributed by atoms with Gasteiger partial charge >= 0.3 is 5.97 Å². The van der Waals surface area contributed by atoms with Crippen molar-refractivity contribution in [2.24, 2.45) is 0 Å². The first-order chi connectivity index (χ1) is 10.0. The second-order valence-corrected chi connectivity index (χ2v) is 6.79. The molecule has 0 aliphatic rings. The topological polar surface area (TPSA) is 71.4 Å². The second-order valence-electron chi connectivity index (χ2n) is 4.71. The predicted octanol–water partition coefficient (Wildman–Crippen LogP) is 2.79. The molecule has 0 aliphatic carbocycles. The third-order valence-electron chi connectivity index (χ3n) is 3.17. The van der Waals surface area contributed by atoms with Gasteiger partial charge in [0.05, 0.1) is 16.2 Å². The quantitative estimate of drug-likeness (QED) is 0.890. The first kappa shape index (κ1) is 15.3. The minimum Gasteiger partial charge on any atom is -0.478 e. The molecule has 2 rings (SSSR count). The van der Waals surface area contributed by atoms with Crippen LogP contribution in [0.15, 0.2) is 59.5 Å². The number of aryl methyl sites for hydroxylation is 1. The number of sulfone groups is 1. The summed E-state index contributed by atoms with van der Waals surface area (Å²) in [6.07, 6.45) is 1.11. The molecule has 0 saturated carbocycles. The molecule has 0 amide bonds. The molecular weight excluding hydrogens is 288 g/mol. The molecule has 0 fully saturated rings. The number of carbonyl (C=O) groups is 1. The Bertz CT molecular complexity index is 721. The highest BCUT2D eigenvalue weighted by Crippen LogP contribution is 2.18. The van der Waals surface area contributed by atoms with E-state index in [1.807, 2.05) is 30.3 Å². The molecule has 0 atom stereocenters. The van der Waals surface area contributed by atoms with Gasteiger partial charge in [-0.05, 0) is 30.5 Å². The van der Waals surface area contributed by atoms with E-state index < -0.39 is 15.8 Å². The van der Waals surface area contributed by atoms with E-state index >= 15 is 0 Å². The Kier molecular flexibility index (Phi) is 4.75. The van der Waals surface area contributed by atoms with Gasteiger partial charge in [0.1, 0.15) is 0 Å². The van der Waals surface area contributed by atoms with Crippen LogP contribution >= 0.6 is 0 Å². The van der Waals surface area contributed by atoms with Crippen LogP contribution in [-0.4, -0.2) is 25.2 Å². The van der Waals surface area contributed by atoms with Gasteiger partial charge in [-0.3, -0.25) is 0 Å². The number of aromatic carboxylic acids is 1. The molecule has 4 nitrogen and oxygen atoms in total. The van der Waals surface area contributed by atoms with Crippen LogP contribution in [0.25, 0.3) is 0 Å². The first-order valence-corrected chi connectivity index (χ1v) is 8.25. The summed E-state index contributed by atoms with van der Waals surface area (Å²) < 4.78 is 24.6. The summed E-state index contributed by atoms with van der Waals surface area (Å²) in [6.45, 7) is 0. The molecule has 2 aromatic rings. The normalized spacial score (nSPS) is 11.2. The maximum Gasteiger partial charge on any atom is 0.337 e. The van der Waals surface area contributed by atoms with Crippen molar-refractivity contribution in [1.29, 1.82) is 0 Å². The van der Waals surface area contributed by atoms with E-state index in [4.69, 9.17) is 5.11 Å². The van der Waals surface area contributed by atoms with E-state index in [1.165, 1.54) is 24.3 Å². The Morgan fingerprint density at radius 3 is 2.24 bits per heavy atom. The maximum absolute atomic E-state index is 12.3. The van der Waals surface area contributed by atoms with Crippen molar-refractivity contribution in [3.05, 3.63) is 65.7 Å². The number of rotatable bonds is 6. The second kappa shape index (κ2) is 6.54. The minimum atomic E-state index is -3.59. The molecule has 0 unspecified atom stereocenters. The van der Waals surface area contributed by atoms with E-state index in [9.17, 15) is 13.2 Å². The molecule has 5 heteroatoms. The number of hydrogen-bond donors (Lipinski definition) is 1. The molecule has 0 spiro atoms. The lowest BCUT2D eigenvalue weighted by molar-refractivity contribution is 0.0692. The molecule has 0 bridgehead atoms. The number of carboxylic acid groups (broad SMARTS) is 1. The van der Waals surface area contributed by atoms with Crippen molar-refractivity contribution in [2.45, 2.75) is 17.7 Å². The summed E-state index contributed by atoms with van der Waals surface area (Å²) in [4.78, 5) is 11.0. The Morgan fingerprint density at radius 1 is 0.952 bits per heavy atom. The fourth-order valence-electron chi connectivity index (χ4n) is 2.14. The molecule has 2 aromatic carbocycles. The standard InChI is InChI=1S/C16H16O4S/c17-16(18)14-10-4-5-11-15(14)21(19,20)12-6-9-13-7-2-1-3-8-13/h1-5,7-8,10-11H,6,9,12H2,(H,17,18). The van der Waals surface area contributed by atoms with Crippen molar-refractivity contribution >= 4 is 15.8 Å². The maximum atomic E-state index is 12.3. The zero-order valence-electron chi connectivity index (χ0n) is 11.4. The SMILES string of the molecule is O=C(O)c1ccccc1S(=O)(=O)CCCc1ccccc1. The zero-order chi connectivity index (χ0) is 15.3. The predicted molar refractivity (Wildman–Crippen MR) is 80.2 cm³/mol. The van der Waals surface area contributed by atoms with E-state index in [1.54, 1.807) is 0 Å². The largest absolute Gasteiger partial charge is 0.478 e. The van der Waals surface area contributed by atoms with Crippen molar-refractivity contribution in [3.8, 4) is 0 Å². The molecule has 0 aliphatic heterocycles. The third kappa shape index (κ3) is 3.92. The smallest absolute Gasteiger partial charge is 0.337 e. The fourth-order valence-corrected chi connectivity index (χ4v) is 3.66. The lowest BCUT2D eigenvalue weighted by Crippen LogP contribution is -2.13. The van der Waals surface area contributed by atoms with Crippen molar-refractivity contribution < 1.29 is 18.3 Å². The van der Waals surface area contributed by atoms with Crippen LogP contribution in [0.2, 0.25) is 0 Å². The number of hydrogen-bond acceptors (Lipinski definition) is 3. The van der Waals surface area contributed by atoms with Crippen LogP contribution in [0, 0.1) is 0 Å². The summed E-state index contributed by atoms with van der Waals surface area (Å²) in [7, 11) is -3.59. The first-order valence-electron chi connectivity index (χ1n) is 6.60. The van der Waals surface area contributed by atoms with Gasteiger partial charge in [-0.1, -0.05) is 42.5 Å². The van der Waals surface area contributed by atoms with Crippen molar-refractivity contribution in [1.82, 2.24) is 0 Å². The summed E-state index contributed by atoms with van der Waals surface area (Å²) >= 11 is 0. The van der Waals surface area contributed by atoms with Crippen LogP contribution in [0.3, 0.4) is 0 Å². The molecule has 0 heterocycles. The Hall–Kier alpha value is -2.14. The monoisotopic (exact) mass is 304 g/mol. The van der Waals surface area contributed by atoms with E-state index in [0.29, 0.717) is 12.8 Å². The summed E-state index contributed by atoms with van der Waals surface area (Å²) in [5.41, 5.74) is 0.899. The third-order valence-corrected chi connectivity index (χ3v) is 5.03. The van der Waals surface area contributed by atoms with E-state index in [-0.39, 0.29) is 16.2 Å². The molecular formula is C16H16O4S. The van der Waals surface area contributed by atoms with Crippen LogP contribution in [0.1, 0.15) is 22.3 Å². The molecule has 0 saturated heterocycles. The molecule has 0 aromatic heterocycles. The summed E-state index contributed by atoms with van der Waals surface area (Å²) in [6, 6.07) is 15.3. The van der Waals surface area contributed by atoms with Gasteiger partial charge in [-0.2, -0.15) is 0 Å². The van der Waals surface area contributed by atoms with Gasteiger partial charge in [-0.25, -0.2) is 13.2 Å². The Labute approximate surface area is 124 Å². The van der Waals surface area contributed by atoms with Crippen LogP contribution in [0.4, 0.5) is 0 Å². The van der Waals surface area contributed by atoms with Gasteiger partial charge in [0.2, 0.25) is 0 Å². The summed E-state index contributed by atoms with van der Waals surface area (Å²) in [5, 5.41) is 9.07. The zero-order valence-corrected chi connectivity index (χ0v) is 12.2. The van der Waals surface area contributed by atoms with Crippen molar-refractivity contribution in [2.75, 3.05) is 5.75 Å². The lowest BCUT2D eigenvalue weighted by Gasteiger charge is -2.07. The number of carboxylic acids is 1. The van der Waals surface area contributed by atoms with Crippen LogP contribution in [-0.2, 0) is 16.3 Å². The Morgan fingerprint density at radius 2 is 1.57 bits per heavy atom. The van der Waals surface area contributed by atoms with E-state index in [2.05, 4.69) is 0 Å². The highest BCUT2D eigenvalue weighted by atomic mass is 32.2. The van der Waals surface area contributed by atoms with Crippen molar-refractivity contribution in [3.63, 3.8) is 0 Å². The highest BCUT2D eigenvalue weighted by molar-refractivity contribution is 7.91. The molecule has 110 valence electrons. The average Bonchev–Trinajstić information content (AvgIpc) is 2.48. The Balaban J connectivity index is 2.11. The van der Waals surface area contributed by atoms with Gasteiger partial charge < -0.3 is 5.11 Å². The van der Waals surface area contributed by atoms with Gasteiger partial charge in [-0.15, -0.1) is 0 Å². The number of benzene rings is 2. The van der Waals surface area contributed by atoms with E-state index in [0.717, 1.165) is 5.56 Å². The van der Waals surface area contributed by atoms with Crippen LogP contribution < -0.4 is 0 Å². The molecule has 21 heavy (non-hydrogen) atoms. The molecule has 0 radical (unpaired) electrons. The average molecular weight is 304 g/mol. The fraction of sp³-hybridized carbons (Fsp3) is 0.188. The molecule has 1 N–H and O–H groups in total. The minimum absolute atomic E-state index is 0.0633. The van der Waals surface area contributed by atoms with Gasteiger partial charge in [0, 0.05) is 0 Å². The lowest BCUT2D eigenvalue weighted by atomic mass is 10.1. The highest BCUT2D eigenvalue weighted by Gasteiger charge is 2.21. The van der Waals surface area contributed by atoms with Gasteiger partial charge in [0.25, 0.3) is 0 Å². The summed E-state index contributed by atoms with van der Waals surface area (Å²) in [5.74, 6) is -1.29. The van der Waals surface area contributed by atoms with Crippen LogP contribution in [0.5, 0.6) is 0 Å².